The number of para-hydroxylation sites is 1. The first-order valence-corrected chi connectivity index (χ1v) is 8.26. The highest BCUT2D eigenvalue weighted by Gasteiger charge is 2.08. The Kier molecular flexibility index (Phi) is 5.44. The molecule has 0 aliphatic carbocycles. The van der Waals surface area contributed by atoms with Gasteiger partial charge < -0.3 is 9.26 Å². The smallest absolute Gasteiger partial charge is 0.163 e. The van der Waals surface area contributed by atoms with Crippen LogP contribution < -0.4 is 4.74 Å². The average Bonchev–Trinajstić information content (AvgIpc) is 3.17. The minimum absolute atomic E-state index is 0.632. The summed E-state index contributed by atoms with van der Waals surface area (Å²) in [6.07, 6.45) is 4.64. The molecular weight excluding hydrogens is 326 g/mol. The third-order valence-electron chi connectivity index (χ3n) is 3.83. The number of allylic oxidation sites excluding steroid dienone is 4. The third kappa shape index (κ3) is 4.36. The molecule has 1 heterocycles. The summed E-state index contributed by atoms with van der Waals surface area (Å²) in [6.45, 7) is 3.85. The van der Waals surface area contributed by atoms with Crippen LogP contribution in [0, 0.1) is 0 Å². The molecule has 0 amide bonds. The summed E-state index contributed by atoms with van der Waals surface area (Å²) >= 11 is 0. The van der Waals surface area contributed by atoms with Crippen molar-refractivity contribution in [3.8, 4) is 17.0 Å². The molecule has 0 saturated heterocycles. The van der Waals surface area contributed by atoms with Gasteiger partial charge in [0.15, 0.2) is 5.76 Å². The summed E-state index contributed by atoms with van der Waals surface area (Å²) < 4.78 is 11.2. The molecule has 4 nitrogen and oxygen atoms in total. The molecule has 0 N–H and O–H groups in total. The Balaban J connectivity index is 1.72. The Labute approximate surface area is 152 Å². The van der Waals surface area contributed by atoms with Crippen LogP contribution in [-0.2, 0) is 0 Å². The van der Waals surface area contributed by atoms with Crippen molar-refractivity contribution in [1.82, 2.24) is 5.16 Å². The van der Waals surface area contributed by atoms with E-state index in [0.29, 0.717) is 11.3 Å². The lowest BCUT2D eigenvalue weighted by Gasteiger charge is -2.04. The molecule has 0 bridgehead atoms. The number of aldehydes is 1. The van der Waals surface area contributed by atoms with Gasteiger partial charge in [0.2, 0.25) is 0 Å². The molecule has 0 unspecified atom stereocenters. The van der Waals surface area contributed by atoms with Gasteiger partial charge in [-0.2, -0.15) is 0 Å². The fourth-order valence-corrected chi connectivity index (χ4v) is 2.36. The Hall–Kier alpha value is -3.40. The summed E-state index contributed by atoms with van der Waals surface area (Å²) in [5.41, 5.74) is 3.20. The largest absolute Gasteiger partial charge is 0.462 e. The molecule has 0 aliphatic heterocycles. The molecule has 1 aromatic heterocycles. The number of hydrogen-bond acceptors (Lipinski definition) is 4. The molecule has 0 fully saturated rings. The minimum atomic E-state index is 0.632. The Morgan fingerprint density at radius 2 is 1.73 bits per heavy atom. The maximum atomic E-state index is 10.7. The molecule has 4 heteroatoms. The normalized spacial score (nSPS) is 12.1. The van der Waals surface area contributed by atoms with Crippen LogP contribution in [0.4, 0.5) is 0 Å². The van der Waals surface area contributed by atoms with Crippen molar-refractivity contribution in [2.45, 2.75) is 13.8 Å². The molecule has 3 rings (SSSR count). The summed E-state index contributed by atoms with van der Waals surface area (Å²) in [5.74, 6) is 2.26. The van der Waals surface area contributed by atoms with Crippen molar-refractivity contribution in [3.05, 3.63) is 89.9 Å². The Morgan fingerprint density at radius 3 is 2.42 bits per heavy atom. The fourth-order valence-electron chi connectivity index (χ4n) is 2.36. The van der Waals surface area contributed by atoms with Gasteiger partial charge in [0.05, 0.1) is 0 Å². The molecule has 0 aliphatic rings. The number of ether oxygens (including phenoxy) is 1. The predicted molar refractivity (Wildman–Crippen MR) is 102 cm³/mol. The lowest BCUT2D eigenvalue weighted by molar-refractivity contribution is 0.112. The predicted octanol–water partition coefficient (Wildman–Crippen LogP) is 5.54. The molecule has 0 spiro atoms. The number of nitrogens with zero attached hydrogens (tertiary/aromatic N) is 1. The zero-order valence-corrected chi connectivity index (χ0v) is 14.7. The van der Waals surface area contributed by atoms with Crippen molar-refractivity contribution in [3.63, 3.8) is 0 Å². The number of aromatic nitrogens is 1. The van der Waals surface area contributed by atoms with Crippen LogP contribution in [0.25, 0.3) is 16.8 Å². The van der Waals surface area contributed by atoms with Crippen molar-refractivity contribution in [2.24, 2.45) is 0 Å². The van der Waals surface area contributed by atoms with E-state index in [9.17, 15) is 4.79 Å². The van der Waals surface area contributed by atoms with E-state index < -0.39 is 0 Å². The van der Waals surface area contributed by atoms with Gasteiger partial charge in [0.25, 0.3) is 0 Å². The molecular formula is C22H19NO3. The second kappa shape index (κ2) is 8.12. The highest BCUT2D eigenvalue weighted by molar-refractivity contribution is 5.76. The maximum Gasteiger partial charge on any atom is 0.163 e. The van der Waals surface area contributed by atoms with Crippen LogP contribution in [0.15, 0.2) is 83.1 Å². The van der Waals surface area contributed by atoms with E-state index in [1.807, 2.05) is 74.5 Å². The fraction of sp³-hybridized carbons (Fsp3) is 0.0909. The van der Waals surface area contributed by atoms with E-state index in [4.69, 9.17) is 9.26 Å². The van der Waals surface area contributed by atoms with Gasteiger partial charge in [-0.25, -0.2) is 0 Å². The van der Waals surface area contributed by atoms with E-state index >= 15 is 0 Å². The summed E-state index contributed by atoms with van der Waals surface area (Å²) in [6, 6.07) is 18.7. The van der Waals surface area contributed by atoms with Crippen molar-refractivity contribution >= 4 is 11.9 Å². The number of hydrogen-bond donors (Lipinski definition) is 0. The van der Waals surface area contributed by atoms with Crippen LogP contribution in [0.3, 0.4) is 0 Å². The third-order valence-corrected chi connectivity index (χ3v) is 3.83. The monoisotopic (exact) mass is 345 g/mol. The van der Waals surface area contributed by atoms with E-state index in [-0.39, 0.29) is 0 Å². The highest BCUT2D eigenvalue weighted by Crippen LogP contribution is 2.23. The molecule has 3 aromatic rings. The zero-order valence-electron chi connectivity index (χ0n) is 14.7. The van der Waals surface area contributed by atoms with E-state index in [2.05, 4.69) is 5.16 Å². The minimum Gasteiger partial charge on any atom is -0.462 e. The van der Waals surface area contributed by atoms with E-state index in [0.717, 1.165) is 34.6 Å². The van der Waals surface area contributed by atoms with Crippen molar-refractivity contribution in [1.29, 1.82) is 0 Å². The van der Waals surface area contributed by atoms with Crippen LogP contribution in [0.5, 0.6) is 5.75 Å². The standard InChI is InChI=1S/C22H19NO3/c1-16(8-9-17(2)25-20-6-4-3-5-7-20)22-14-21(23-26-22)19-12-10-18(15-24)11-13-19/h3-15H,1-2H3. The molecule has 0 atom stereocenters. The van der Waals surface area contributed by atoms with Crippen LogP contribution >= 0.6 is 0 Å². The topological polar surface area (TPSA) is 52.3 Å². The van der Waals surface area contributed by atoms with Crippen molar-refractivity contribution < 1.29 is 14.1 Å². The maximum absolute atomic E-state index is 10.7. The first kappa shape index (κ1) is 17.4. The number of carbonyl (C=O) groups is 1. The SMILES string of the molecule is CC(=CC=C(C)c1cc(-c2ccc(C=O)cc2)no1)Oc1ccccc1. The van der Waals surface area contributed by atoms with Crippen molar-refractivity contribution in [2.75, 3.05) is 0 Å². The van der Waals surface area contributed by atoms with E-state index in [1.54, 1.807) is 12.1 Å². The first-order chi connectivity index (χ1) is 12.7. The second-order valence-electron chi connectivity index (χ2n) is 5.86. The zero-order chi connectivity index (χ0) is 18.4. The second-order valence-corrected chi connectivity index (χ2v) is 5.86. The summed E-state index contributed by atoms with van der Waals surface area (Å²) in [5, 5.41) is 4.10. The quantitative estimate of drug-likeness (QED) is 0.334. The summed E-state index contributed by atoms with van der Waals surface area (Å²) in [7, 11) is 0. The van der Waals surface area contributed by atoms with Gasteiger partial charge >= 0.3 is 0 Å². The van der Waals surface area contributed by atoms with E-state index in [1.165, 1.54) is 0 Å². The molecule has 130 valence electrons. The average molecular weight is 345 g/mol. The lowest BCUT2D eigenvalue weighted by Crippen LogP contribution is -1.89. The van der Waals surface area contributed by atoms with Gasteiger partial charge in [-0.1, -0.05) is 53.7 Å². The first-order valence-electron chi connectivity index (χ1n) is 8.26. The lowest BCUT2D eigenvalue weighted by atomic mass is 10.1. The van der Waals surface area contributed by atoms with Crippen LogP contribution in [0.2, 0.25) is 0 Å². The highest BCUT2D eigenvalue weighted by atomic mass is 16.5. The number of rotatable bonds is 6. The molecule has 0 saturated carbocycles. The van der Waals surface area contributed by atoms with Gasteiger partial charge in [0, 0.05) is 17.2 Å². The van der Waals surface area contributed by atoms with Gasteiger partial charge in [-0.05, 0) is 37.6 Å². The molecule has 0 radical (unpaired) electrons. The Morgan fingerprint density at radius 1 is 1.00 bits per heavy atom. The van der Waals surface area contributed by atoms with Crippen LogP contribution in [0.1, 0.15) is 30.0 Å². The number of benzene rings is 2. The molecule has 2 aromatic carbocycles. The number of carbonyl (C=O) groups excluding carboxylic acids is 1. The van der Waals surface area contributed by atoms with Gasteiger partial charge in [0.1, 0.15) is 23.5 Å². The summed E-state index contributed by atoms with van der Waals surface area (Å²) in [4.78, 5) is 10.7. The Bertz CT molecular complexity index is 935. The van der Waals surface area contributed by atoms with Gasteiger partial charge in [-0.15, -0.1) is 0 Å². The van der Waals surface area contributed by atoms with Crippen LogP contribution in [-0.4, -0.2) is 11.4 Å². The van der Waals surface area contributed by atoms with Gasteiger partial charge in [-0.3, -0.25) is 4.79 Å². The molecule has 26 heavy (non-hydrogen) atoms.